The average Bonchev–Trinajstić information content (AvgIpc) is 3.00. The van der Waals surface area contributed by atoms with E-state index in [0.717, 1.165) is 5.56 Å². The molecule has 7 nitrogen and oxygen atoms in total. The second-order valence-corrected chi connectivity index (χ2v) is 8.99. The highest BCUT2D eigenvalue weighted by atomic mass is 35.5. The quantitative estimate of drug-likeness (QED) is 0.816. The molecule has 0 atom stereocenters. The molecule has 0 saturated carbocycles. The molecule has 146 valence electrons. The maximum atomic E-state index is 12.8. The Morgan fingerprint density at radius 1 is 1.26 bits per heavy atom. The van der Waals surface area contributed by atoms with Gasteiger partial charge in [-0.15, -0.1) is 0 Å². The summed E-state index contributed by atoms with van der Waals surface area (Å²) in [6.07, 6.45) is 0.962. The maximum absolute atomic E-state index is 12.8. The molecule has 3 rings (SSSR count). The Bertz CT molecular complexity index is 897. The Kier molecular flexibility index (Phi) is 5.88. The number of aryl methyl sites for hydroxylation is 2. The Balaban J connectivity index is 1.56. The normalized spacial score (nSPS) is 16.4. The highest BCUT2D eigenvalue weighted by Gasteiger charge is 2.35. The number of sulfonamides is 1. The number of amides is 1. The Morgan fingerprint density at radius 3 is 2.44 bits per heavy atom. The lowest BCUT2D eigenvalue weighted by molar-refractivity contribution is -0.126. The van der Waals surface area contributed by atoms with Crippen LogP contribution in [0, 0.1) is 19.8 Å². The van der Waals surface area contributed by atoms with Gasteiger partial charge in [0.05, 0.1) is 0 Å². The van der Waals surface area contributed by atoms with Gasteiger partial charge in [-0.25, -0.2) is 8.42 Å². The molecule has 1 amide bonds. The molecule has 0 unspecified atom stereocenters. The van der Waals surface area contributed by atoms with Crippen molar-refractivity contribution in [2.75, 3.05) is 13.1 Å². The molecule has 1 saturated heterocycles. The van der Waals surface area contributed by atoms with Crippen LogP contribution in [0.2, 0.25) is 5.02 Å². The van der Waals surface area contributed by atoms with Gasteiger partial charge in [0.1, 0.15) is 10.6 Å². The van der Waals surface area contributed by atoms with Crippen LogP contribution in [-0.2, 0) is 21.4 Å². The smallest absolute Gasteiger partial charge is 0.248 e. The average molecular weight is 412 g/mol. The number of hydrogen-bond donors (Lipinski definition) is 1. The highest BCUT2D eigenvalue weighted by Crippen LogP contribution is 2.27. The number of hydrogen-bond acceptors (Lipinski definition) is 5. The zero-order valence-corrected chi connectivity index (χ0v) is 16.8. The molecule has 1 fully saturated rings. The van der Waals surface area contributed by atoms with Gasteiger partial charge in [-0.2, -0.15) is 4.31 Å². The fourth-order valence-corrected chi connectivity index (χ4v) is 5.15. The van der Waals surface area contributed by atoms with Gasteiger partial charge in [-0.1, -0.05) is 28.9 Å². The van der Waals surface area contributed by atoms with Crippen molar-refractivity contribution in [1.82, 2.24) is 14.8 Å². The number of carbonyl (C=O) groups is 1. The van der Waals surface area contributed by atoms with E-state index in [1.807, 2.05) is 12.1 Å². The van der Waals surface area contributed by atoms with Crippen molar-refractivity contribution in [2.45, 2.75) is 38.1 Å². The van der Waals surface area contributed by atoms with Crippen molar-refractivity contribution < 1.29 is 17.7 Å². The maximum Gasteiger partial charge on any atom is 0.248 e. The van der Waals surface area contributed by atoms with Gasteiger partial charge in [0, 0.05) is 30.6 Å². The fraction of sp³-hybridized carbons (Fsp3) is 0.444. The first kappa shape index (κ1) is 19.9. The van der Waals surface area contributed by atoms with Crippen LogP contribution in [0.15, 0.2) is 33.7 Å². The number of halogens is 1. The summed E-state index contributed by atoms with van der Waals surface area (Å²) in [6.45, 7) is 4.22. The summed E-state index contributed by atoms with van der Waals surface area (Å²) < 4.78 is 32.0. The minimum absolute atomic E-state index is 0.0562. The third-order valence-electron chi connectivity index (χ3n) is 4.77. The molecular formula is C18H22ClN3O4S. The van der Waals surface area contributed by atoms with Gasteiger partial charge in [0.2, 0.25) is 15.9 Å². The van der Waals surface area contributed by atoms with E-state index in [1.165, 1.54) is 4.31 Å². The predicted octanol–water partition coefficient (Wildman–Crippen LogP) is 2.66. The van der Waals surface area contributed by atoms with Gasteiger partial charge in [0.25, 0.3) is 0 Å². The standard InChI is InChI=1S/C18H22ClN3O4S/c1-12-17(13(2)26-21-12)27(24,25)22-9-7-15(8-10-22)18(23)20-11-14-3-5-16(19)6-4-14/h3-6,15H,7-11H2,1-2H3,(H,20,23). The number of nitrogens with one attached hydrogen (secondary N) is 1. The predicted molar refractivity (Wildman–Crippen MR) is 101 cm³/mol. The molecule has 9 heteroatoms. The van der Waals surface area contributed by atoms with Crippen LogP contribution in [0.3, 0.4) is 0 Å². The third kappa shape index (κ3) is 4.34. The monoisotopic (exact) mass is 411 g/mol. The molecule has 0 aliphatic carbocycles. The molecule has 1 aliphatic rings. The van der Waals surface area contributed by atoms with E-state index in [2.05, 4.69) is 10.5 Å². The summed E-state index contributed by atoms with van der Waals surface area (Å²) in [4.78, 5) is 12.5. The van der Waals surface area contributed by atoms with Crippen LogP contribution in [0.4, 0.5) is 0 Å². The minimum atomic E-state index is -3.66. The lowest BCUT2D eigenvalue weighted by atomic mass is 9.97. The molecule has 0 radical (unpaired) electrons. The van der Waals surface area contributed by atoms with Crippen molar-refractivity contribution in [1.29, 1.82) is 0 Å². The molecule has 1 aliphatic heterocycles. The van der Waals surface area contributed by atoms with E-state index < -0.39 is 10.0 Å². The van der Waals surface area contributed by atoms with E-state index in [-0.39, 0.29) is 22.5 Å². The molecule has 1 aromatic carbocycles. The van der Waals surface area contributed by atoms with E-state index >= 15 is 0 Å². The first-order valence-corrected chi connectivity index (χ1v) is 10.6. The first-order valence-electron chi connectivity index (χ1n) is 8.74. The molecule has 27 heavy (non-hydrogen) atoms. The number of carbonyl (C=O) groups excluding carboxylic acids is 1. The van der Waals surface area contributed by atoms with E-state index in [1.54, 1.807) is 26.0 Å². The topological polar surface area (TPSA) is 92.5 Å². The van der Waals surface area contributed by atoms with Crippen LogP contribution in [0.5, 0.6) is 0 Å². The largest absolute Gasteiger partial charge is 0.360 e. The van der Waals surface area contributed by atoms with Gasteiger partial charge in [-0.05, 0) is 44.4 Å². The number of rotatable bonds is 5. The van der Waals surface area contributed by atoms with E-state index in [4.69, 9.17) is 16.1 Å². The molecule has 1 N–H and O–H groups in total. The zero-order chi connectivity index (χ0) is 19.6. The Hall–Kier alpha value is -1.90. The van der Waals surface area contributed by atoms with Gasteiger partial charge in [0.15, 0.2) is 5.76 Å². The summed E-state index contributed by atoms with van der Waals surface area (Å²) in [5.41, 5.74) is 1.32. The molecule has 0 bridgehead atoms. The summed E-state index contributed by atoms with van der Waals surface area (Å²) in [7, 11) is -3.66. The molecular weight excluding hydrogens is 390 g/mol. The van der Waals surface area contributed by atoms with Crippen molar-refractivity contribution in [3.63, 3.8) is 0 Å². The van der Waals surface area contributed by atoms with Crippen LogP contribution in [-0.4, -0.2) is 36.9 Å². The second kappa shape index (κ2) is 8.00. The summed E-state index contributed by atoms with van der Waals surface area (Å²) >= 11 is 5.85. The van der Waals surface area contributed by atoms with Gasteiger partial charge >= 0.3 is 0 Å². The molecule has 1 aromatic heterocycles. The summed E-state index contributed by atoms with van der Waals surface area (Å²) in [5, 5.41) is 7.29. The van der Waals surface area contributed by atoms with Crippen LogP contribution < -0.4 is 5.32 Å². The van der Waals surface area contributed by atoms with Crippen LogP contribution in [0.1, 0.15) is 29.9 Å². The fourth-order valence-electron chi connectivity index (χ4n) is 3.27. The summed E-state index contributed by atoms with van der Waals surface area (Å²) in [6, 6.07) is 7.28. The van der Waals surface area contributed by atoms with Gasteiger partial charge in [-0.3, -0.25) is 4.79 Å². The van der Waals surface area contributed by atoms with Gasteiger partial charge < -0.3 is 9.84 Å². The Labute approximate surface area is 163 Å². The minimum Gasteiger partial charge on any atom is -0.360 e. The SMILES string of the molecule is Cc1noc(C)c1S(=O)(=O)N1CCC(C(=O)NCc2ccc(Cl)cc2)CC1. The second-order valence-electron chi connectivity index (χ2n) is 6.68. The molecule has 2 aromatic rings. The number of benzene rings is 1. The highest BCUT2D eigenvalue weighted by molar-refractivity contribution is 7.89. The molecule has 2 heterocycles. The number of piperidine rings is 1. The first-order chi connectivity index (χ1) is 12.8. The lowest BCUT2D eigenvalue weighted by Gasteiger charge is -2.30. The van der Waals surface area contributed by atoms with Crippen LogP contribution >= 0.6 is 11.6 Å². The van der Waals surface area contributed by atoms with Crippen molar-refractivity contribution >= 4 is 27.5 Å². The van der Waals surface area contributed by atoms with Crippen molar-refractivity contribution in [3.8, 4) is 0 Å². The number of aromatic nitrogens is 1. The van der Waals surface area contributed by atoms with Crippen molar-refractivity contribution in [3.05, 3.63) is 46.3 Å². The number of nitrogens with zero attached hydrogens (tertiary/aromatic N) is 2. The van der Waals surface area contributed by atoms with Crippen molar-refractivity contribution in [2.24, 2.45) is 5.92 Å². The molecule has 0 spiro atoms. The lowest BCUT2D eigenvalue weighted by Crippen LogP contribution is -2.43. The van der Waals surface area contributed by atoms with E-state index in [0.29, 0.717) is 43.2 Å². The van der Waals surface area contributed by atoms with E-state index in [9.17, 15) is 13.2 Å². The third-order valence-corrected chi connectivity index (χ3v) is 7.17. The summed E-state index contributed by atoms with van der Waals surface area (Å²) in [5.74, 6) is 0.0306. The van der Waals surface area contributed by atoms with Crippen LogP contribution in [0.25, 0.3) is 0 Å². The zero-order valence-electron chi connectivity index (χ0n) is 15.2. The Morgan fingerprint density at radius 2 is 1.89 bits per heavy atom.